The Bertz CT molecular complexity index is 1820. The van der Waals surface area contributed by atoms with Gasteiger partial charge in [-0.3, -0.25) is 10.1 Å². The fourth-order valence-electron chi connectivity index (χ4n) is 5.67. The van der Waals surface area contributed by atoms with E-state index in [1.54, 1.807) is 18.5 Å². The zero-order chi connectivity index (χ0) is 30.3. The van der Waals surface area contributed by atoms with Crippen molar-refractivity contribution in [2.75, 3.05) is 0 Å². The number of hydrogen-bond acceptors (Lipinski definition) is 4. The van der Waals surface area contributed by atoms with E-state index < -0.39 is 0 Å². The lowest BCUT2D eigenvalue weighted by atomic mass is 9.87. The quantitative estimate of drug-likeness (QED) is 0.161. The standard InChI is InChI=1S/C34H33FN6.C2H6/c1-4-22(17-27(5-2)37-21(3)23-10-7-6-8-11-23)24-14-15-30-28(18-24)33(41-40-30)34-38-31-20-36-19-29(32(31)39-34)25-12-9-13-26(35)16-25;1-2/h4-5,9,12-20,23,37H,2-3,6-8,10-11H2,1H3,(H,38,39)(H,40,41);1-2H3/b22-4+,27-17+;. The minimum atomic E-state index is -0.303. The summed E-state index contributed by atoms with van der Waals surface area (Å²) in [7, 11) is 0. The van der Waals surface area contributed by atoms with Crippen LogP contribution in [0.2, 0.25) is 0 Å². The van der Waals surface area contributed by atoms with E-state index in [4.69, 9.17) is 4.98 Å². The topological polar surface area (TPSA) is 82.3 Å². The second-order valence-electron chi connectivity index (χ2n) is 10.5. The number of rotatable bonds is 8. The monoisotopic (exact) mass is 574 g/mol. The highest BCUT2D eigenvalue weighted by atomic mass is 19.1. The van der Waals surface area contributed by atoms with Crippen LogP contribution in [0.4, 0.5) is 4.39 Å². The van der Waals surface area contributed by atoms with Gasteiger partial charge < -0.3 is 10.3 Å². The van der Waals surface area contributed by atoms with Crippen LogP contribution in [0.5, 0.6) is 0 Å². The average Bonchev–Trinajstić information content (AvgIpc) is 3.68. The molecule has 0 unspecified atom stereocenters. The molecule has 1 aliphatic rings. The van der Waals surface area contributed by atoms with Crippen molar-refractivity contribution in [3.05, 3.63) is 109 Å². The van der Waals surface area contributed by atoms with E-state index in [0.29, 0.717) is 23.0 Å². The van der Waals surface area contributed by atoms with Gasteiger partial charge >= 0.3 is 0 Å². The van der Waals surface area contributed by atoms with Crippen molar-refractivity contribution >= 4 is 27.5 Å². The molecule has 2 aromatic carbocycles. The maximum atomic E-state index is 14.0. The van der Waals surface area contributed by atoms with Crippen molar-refractivity contribution < 1.29 is 4.39 Å². The van der Waals surface area contributed by atoms with Crippen LogP contribution in [0.25, 0.3) is 50.2 Å². The van der Waals surface area contributed by atoms with E-state index in [9.17, 15) is 4.39 Å². The number of halogens is 1. The molecule has 0 amide bonds. The summed E-state index contributed by atoms with van der Waals surface area (Å²) in [5, 5.41) is 12.2. The number of hydrogen-bond donors (Lipinski definition) is 3. The molecule has 43 heavy (non-hydrogen) atoms. The Balaban J connectivity index is 0.00000180. The van der Waals surface area contributed by atoms with E-state index >= 15 is 0 Å². The third-order valence-electron chi connectivity index (χ3n) is 7.90. The number of nitrogens with one attached hydrogen (secondary N) is 3. The first-order chi connectivity index (χ1) is 21.0. The van der Waals surface area contributed by atoms with Crippen molar-refractivity contribution in [3.8, 4) is 22.6 Å². The lowest BCUT2D eigenvalue weighted by Gasteiger charge is -2.25. The number of allylic oxidation sites excluding steroid dienone is 5. The Hall–Kier alpha value is -4.78. The smallest absolute Gasteiger partial charge is 0.159 e. The molecule has 1 fully saturated rings. The fraction of sp³-hybridized carbons (Fsp3) is 0.250. The largest absolute Gasteiger partial charge is 0.359 e. The highest BCUT2D eigenvalue weighted by Gasteiger charge is 2.18. The number of H-pyrrole nitrogens is 2. The van der Waals surface area contributed by atoms with Crippen LogP contribution in [-0.2, 0) is 0 Å². The van der Waals surface area contributed by atoms with Gasteiger partial charge in [0.1, 0.15) is 11.5 Å². The van der Waals surface area contributed by atoms with Crippen LogP contribution in [0.3, 0.4) is 0 Å². The molecule has 3 heterocycles. The van der Waals surface area contributed by atoms with Crippen LogP contribution in [0.1, 0.15) is 58.4 Å². The van der Waals surface area contributed by atoms with Crippen LogP contribution in [0, 0.1) is 11.7 Å². The number of aromatic amines is 2. The number of nitrogens with zero attached hydrogens (tertiary/aromatic N) is 3. The van der Waals surface area contributed by atoms with Crippen LogP contribution in [-0.4, -0.2) is 25.1 Å². The van der Waals surface area contributed by atoms with Crippen LogP contribution < -0.4 is 5.32 Å². The number of imidazole rings is 1. The molecule has 220 valence electrons. The van der Waals surface area contributed by atoms with Gasteiger partial charge in [0.15, 0.2) is 5.82 Å². The molecule has 3 N–H and O–H groups in total. The zero-order valence-corrected chi connectivity index (χ0v) is 25.2. The van der Waals surface area contributed by atoms with Gasteiger partial charge in [-0.05, 0) is 78.8 Å². The van der Waals surface area contributed by atoms with Gasteiger partial charge in [0.2, 0.25) is 0 Å². The van der Waals surface area contributed by atoms with Crippen molar-refractivity contribution in [1.82, 2.24) is 30.5 Å². The maximum Gasteiger partial charge on any atom is 0.159 e. The number of benzene rings is 2. The Morgan fingerprint density at radius 1 is 1.05 bits per heavy atom. The molecule has 6 nitrogen and oxygen atoms in total. The van der Waals surface area contributed by atoms with Crippen molar-refractivity contribution in [1.29, 1.82) is 0 Å². The Kier molecular flexibility index (Phi) is 9.30. The SMILES string of the molecule is C=C/C(=C\C(=C/C)c1ccc2[nH]nc(-c3nc4c(-c5cccc(F)c5)cncc4[nH]3)c2c1)NC(=C)C1CCCCC1.CC. The molecule has 5 aromatic rings. The molecular weight excluding hydrogens is 535 g/mol. The Labute approximate surface area is 252 Å². The minimum Gasteiger partial charge on any atom is -0.359 e. The fourth-order valence-corrected chi connectivity index (χ4v) is 5.67. The number of aromatic nitrogens is 5. The van der Waals surface area contributed by atoms with E-state index in [-0.39, 0.29) is 5.82 Å². The van der Waals surface area contributed by atoms with E-state index in [2.05, 4.69) is 62.9 Å². The van der Waals surface area contributed by atoms with Crippen molar-refractivity contribution in [2.24, 2.45) is 5.92 Å². The first-order valence-electron chi connectivity index (χ1n) is 15.1. The predicted molar refractivity (Wildman–Crippen MR) is 177 cm³/mol. The van der Waals surface area contributed by atoms with E-state index in [1.807, 2.05) is 39.0 Å². The summed E-state index contributed by atoms with van der Waals surface area (Å²) in [4.78, 5) is 12.6. The molecular formula is C36H39FN6. The molecule has 0 bridgehead atoms. The summed E-state index contributed by atoms with van der Waals surface area (Å²) < 4.78 is 14.0. The highest BCUT2D eigenvalue weighted by molar-refractivity contribution is 5.98. The maximum absolute atomic E-state index is 14.0. The van der Waals surface area contributed by atoms with Gasteiger partial charge in [0.25, 0.3) is 0 Å². The normalized spacial score (nSPS) is 14.4. The van der Waals surface area contributed by atoms with Gasteiger partial charge in [-0.25, -0.2) is 9.37 Å². The average molecular weight is 575 g/mol. The van der Waals surface area contributed by atoms with Crippen LogP contribution >= 0.6 is 0 Å². The third kappa shape index (κ3) is 6.36. The van der Waals surface area contributed by atoms with E-state index in [0.717, 1.165) is 50.1 Å². The summed E-state index contributed by atoms with van der Waals surface area (Å²) in [5.41, 5.74) is 8.64. The molecule has 1 aliphatic carbocycles. The molecule has 0 saturated heterocycles. The Morgan fingerprint density at radius 2 is 1.86 bits per heavy atom. The summed E-state index contributed by atoms with van der Waals surface area (Å²) in [6.07, 6.45) is 15.7. The lowest BCUT2D eigenvalue weighted by Crippen LogP contribution is -2.20. The lowest BCUT2D eigenvalue weighted by molar-refractivity contribution is 0.393. The first-order valence-corrected chi connectivity index (χ1v) is 15.1. The summed E-state index contributed by atoms with van der Waals surface area (Å²) in [6.45, 7) is 14.4. The minimum absolute atomic E-state index is 0.303. The summed E-state index contributed by atoms with van der Waals surface area (Å²) in [5.74, 6) is 0.818. The number of fused-ring (bicyclic) bond motifs is 2. The highest BCUT2D eigenvalue weighted by Crippen LogP contribution is 2.33. The van der Waals surface area contributed by atoms with E-state index in [1.165, 1.54) is 44.2 Å². The predicted octanol–water partition coefficient (Wildman–Crippen LogP) is 9.49. The zero-order valence-electron chi connectivity index (χ0n) is 25.2. The molecule has 3 aromatic heterocycles. The third-order valence-corrected chi connectivity index (χ3v) is 7.90. The van der Waals surface area contributed by atoms with Gasteiger partial charge in [-0.15, -0.1) is 0 Å². The van der Waals surface area contributed by atoms with Gasteiger partial charge in [-0.2, -0.15) is 5.10 Å². The molecule has 0 radical (unpaired) electrons. The second kappa shape index (κ2) is 13.5. The molecule has 7 heteroatoms. The second-order valence-corrected chi connectivity index (χ2v) is 10.5. The van der Waals surface area contributed by atoms with Gasteiger partial charge in [-0.1, -0.05) is 70.5 Å². The molecule has 0 spiro atoms. The van der Waals surface area contributed by atoms with Gasteiger partial charge in [0.05, 0.1) is 22.7 Å². The Morgan fingerprint density at radius 3 is 2.60 bits per heavy atom. The molecule has 1 saturated carbocycles. The molecule has 0 aliphatic heterocycles. The summed E-state index contributed by atoms with van der Waals surface area (Å²) in [6, 6.07) is 12.7. The number of pyridine rings is 1. The van der Waals surface area contributed by atoms with Crippen molar-refractivity contribution in [2.45, 2.75) is 52.9 Å². The first kappa shape index (κ1) is 29.7. The van der Waals surface area contributed by atoms with Crippen molar-refractivity contribution in [3.63, 3.8) is 0 Å². The van der Waals surface area contributed by atoms with Gasteiger partial charge in [0, 0.05) is 28.5 Å². The summed E-state index contributed by atoms with van der Waals surface area (Å²) >= 11 is 0. The molecule has 0 atom stereocenters. The van der Waals surface area contributed by atoms with Crippen LogP contribution in [0.15, 0.2) is 97.6 Å². The molecule has 6 rings (SSSR count).